The Balaban J connectivity index is 1.68. The number of methoxy groups -OCH3 is 1. The molecule has 0 atom stereocenters. The number of rotatable bonds is 7. The number of amides is 2. The molecule has 0 saturated heterocycles. The normalized spacial score (nSPS) is 13.8. The molecule has 4 rings (SSSR count). The molecule has 2 amide bonds. The van der Waals surface area contributed by atoms with Gasteiger partial charge in [-0.2, -0.15) is 0 Å². The van der Waals surface area contributed by atoms with E-state index < -0.39 is 17.2 Å². The van der Waals surface area contributed by atoms with Gasteiger partial charge in [0.15, 0.2) is 0 Å². The summed E-state index contributed by atoms with van der Waals surface area (Å²) in [7, 11) is 1.59. The molecular weight excluding hydrogens is 418 g/mol. The van der Waals surface area contributed by atoms with E-state index in [-0.39, 0.29) is 23.7 Å². The number of carbonyl (C=O) groups is 2. The van der Waals surface area contributed by atoms with E-state index in [9.17, 15) is 14.4 Å². The molecule has 1 aliphatic rings. The van der Waals surface area contributed by atoms with Gasteiger partial charge in [-0.25, -0.2) is 0 Å². The largest absolute Gasteiger partial charge is 0.496 e. The summed E-state index contributed by atoms with van der Waals surface area (Å²) in [4.78, 5) is 38.8. The number of hydrogen-bond acceptors (Lipinski definition) is 4. The minimum Gasteiger partial charge on any atom is -0.496 e. The van der Waals surface area contributed by atoms with Crippen LogP contribution in [0, 0.1) is 0 Å². The number of nitrogens with one attached hydrogen (secondary N) is 2. The lowest BCUT2D eigenvalue weighted by Crippen LogP contribution is -2.35. The second-order valence-corrected chi connectivity index (χ2v) is 8.31. The fraction of sp³-hybridized carbons (Fsp3) is 0.346. The zero-order valence-electron chi connectivity index (χ0n) is 19.0. The third kappa shape index (κ3) is 4.62. The molecule has 7 nitrogen and oxygen atoms in total. The van der Waals surface area contributed by atoms with Gasteiger partial charge in [0.1, 0.15) is 16.9 Å². The summed E-state index contributed by atoms with van der Waals surface area (Å²) in [5, 5.41) is 7.55. The van der Waals surface area contributed by atoms with Gasteiger partial charge in [0.05, 0.1) is 7.11 Å². The Morgan fingerprint density at radius 1 is 1.00 bits per heavy atom. The summed E-state index contributed by atoms with van der Waals surface area (Å²) in [6.45, 7) is 2.39. The number of benzene rings is 2. The molecule has 0 unspecified atom stereocenters. The molecule has 172 valence electrons. The maximum atomic E-state index is 13.2. The molecule has 0 spiro atoms. The number of nitrogens with zero attached hydrogens (tertiary/aromatic N) is 1. The predicted molar refractivity (Wildman–Crippen MR) is 128 cm³/mol. The summed E-state index contributed by atoms with van der Waals surface area (Å²) in [5.41, 5.74) is 0.251. The highest BCUT2D eigenvalue weighted by molar-refractivity contribution is 5.99. The summed E-state index contributed by atoms with van der Waals surface area (Å²) >= 11 is 0. The number of fused-ring (bicyclic) bond motifs is 1. The van der Waals surface area contributed by atoms with Crippen molar-refractivity contribution in [2.24, 2.45) is 0 Å². The third-order valence-electron chi connectivity index (χ3n) is 6.26. The number of aromatic nitrogens is 1. The Bertz CT molecular complexity index is 1240. The van der Waals surface area contributed by atoms with E-state index in [0.29, 0.717) is 12.3 Å². The van der Waals surface area contributed by atoms with Crippen molar-refractivity contribution in [2.75, 3.05) is 13.7 Å². The van der Waals surface area contributed by atoms with E-state index in [2.05, 4.69) is 10.6 Å². The topological polar surface area (TPSA) is 89.4 Å². The first-order chi connectivity index (χ1) is 16.0. The second-order valence-electron chi connectivity index (χ2n) is 8.31. The first-order valence-corrected chi connectivity index (χ1v) is 11.4. The molecule has 0 radical (unpaired) electrons. The number of pyridine rings is 1. The lowest BCUT2D eigenvalue weighted by atomic mass is 10.0. The SMILES string of the molecule is CCNC(=O)c1cn(C2CCCC2)cc(C(=O)NCc2c(OC)ccc3ccccc23)c1=O. The Morgan fingerprint density at radius 2 is 1.67 bits per heavy atom. The zero-order valence-corrected chi connectivity index (χ0v) is 19.0. The van der Waals surface area contributed by atoms with Crippen molar-refractivity contribution >= 4 is 22.6 Å². The quantitative estimate of drug-likeness (QED) is 0.577. The van der Waals surface area contributed by atoms with Crippen molar-refractivity contribution in [3.05, 3.63) is 75.7 Å². The van der Waals surface area contributed by atoms with Crippen LogP contribution in [0.4, 0.5) is 0 Å². The van der Waals surface area contributed by atoms with E-state index in [1.54, 1.807) is 26.4 Å². The maximum absolute atomic E-state index is 13.2. The minimum atomic E-state index is -0.558. The number of ether oxygens (including phenoxy) is 1. The molecule has 1 fully saturated rings. The van der Waals surface area contributed by atoms with Crippen LogP contribution in [-0.4, -0.2) is 30.0 Å². The minimum absolute atomic E-state index is 0.000795. The Morgan fingerprint density at radius 3 is 2.33 bits per heavy atom. The number of hydrogen-bond donors (Lipinski definition) is 2. The van der Waals surface area contributed by atoms with Gasteiger partial charge in [0.2, 0.25) is 5.43 Å². The average molecular weight is 448 g/mol. The van der Waals surface area contributed by atoms with Gasteiger partial charge in [-0.3, -0.25) is 14.4 Å². The van der Waals surface area contributed by atoms with Gasteiger partial charge < -0.3 is 19.9 Å². The van der Waals surface area contributed by atoms with Crippen LogP contribution >= 0.6 is 0 Å². The molecule has 1 saturated carbocycles. The highest BCUT2D eigenvalue weighted by Gasteiger charge is 2.23. The fourth-order valence-corrected chi connectivity index (χ4v) is 4.54. The van der Waals surface area contributed by atoms with Gasteiger partial charge in [0, 0.05) is 37.1 Å². The second kappa shape index (κ2) is 9.90. The first kappa shape index (κ1) is 22.6. The van der Waals surface area contributed by atoms with Crippen molar-refractivity contribution < 1.29 is 14.3 Å². The molecule has 1 aromatic heterocycles. The van der Waals surface area contributed by atoms with Crippen LogP contribution in [0.25, 0.3) is 10.8 Å². The van der Waals surface area contributed by atoms with Crippen LogP contribution in [0.3, 0.4) is 0 Å². The molecular formula is C26H29N3O4. The van der Waals surface area contributed by atoms with Gasteiger partial charge >= 0.3 is 0 Å². The van der Waals surface area contributed by atoms with Crippen LogP contribution in [0.15, 0.2) is 53.6 Å². The first-order valence-electron chi connectivity index (χ1n) is 11.4. The smallest absolute Gasteiger partial charge is 0.257 e. The van der Waals surface area contributed by atoms with E-state index in [1.165, 1.54) is 0 Å². The van der Waals surface area contributed by atoms with Crippen LogP contribution in [0.5, 0.6) is 5.75 Å². The Kier molecular flexibility index (Phi) is 6.77. The van der Waals surface area contributed by atoms with E-state index >= 15 is 0 Å². The molecule has 1 aliphatic carbocycles. The molecule has 1 heterocycles. The molecule has 7 heteroatoms. The van der Waals surface area contributed by atoms with Gasteiger partial charge in [-0.05, 0) is 36.6 Å². The van der Waals surface area contributed by atoms with Crippen LogP contribution in [-0.2, 0) is 6.54 Å². The maximum Gasteiger partial charge on any atom is 0.257 e. The van der Waals surface area contributed by atoms with Crippen molar-refractivity contribution in [2.45, 2.75) is 45.2 Å². The molecule has 2 aromatic carbocycles. The van der Waals surface area contributed by atoms with Crippen molar-refractivity contribution in [3.8, 4) is 5.75 Å². The van der Waals surface area contributed by atoms with E-state index in [1.807, 2.05) is 41.0 Å². The van der Waals surface area contributed by atoms with Crippen LogP contribution in [0.2, 0.25) is 0 Å². The van der Waals surface area contributed by atoms with Crippen LogP contribution in [0.1, 0.15) is 64.9 Å². The van der Waals surface area contributed by atoms with E-state index in [0.717, 1.165) is 42.0 Å². The van der Waals surface area contributed by atoms with E-state index in [4.69, 9.17) is 4.74 Å². The predicted octanol–water partition coefficient (Wildman–Crippen LogP) is 3.80. The van der Waals surface area contributed by atoms with Crippen molar-refractivity contribution in [1.82, 2.24) is 15.2 Å². The average Bonchev–Trinajstić information content (AvgIpc) is 3.37. The van der Waals surface area contributed by atoms with Gasteiger partial charge in [-0.15, -0.1) is 0 Å². The highest BCUT2D eigenvalue weighted by Crippen LogP contribution is 2.30. The molecule has 2 N–H and O–H groups in total. The Labute approximate surface area is 192 Å². The van der Waals surface area contributed by atoms with Crippen molar-refractivity contribution in [3.63, 3.8) is 0 Å². The lowest BCUT2D eigenvalue weighted by molar-refractivity contribution is 0.0948. The molecule has 0 bridgehead atoms. The number of carbonyl (C=O) groups excluding carboxylic acids is 2. The molecule has 3 aromatic rings. The monoisotopic (exact) mass is 447 g/mol. The standard InChI is InChI=1S/C26H29N3O4/c1-3-27-25(31)21-15-29(18-9-5-6-10-18)16-22(24(21)30)26(32)28-14-20-19-11-7-4-8-17(19)12-13-23(20)33-2/h4,7-8,11-13,15-16,18H,3,5-6,9-10,14H2,1-2H3,(H,27,31)(H,28,32). The lowest BCUT2D eigenvalue weighted by Gasteiger charge is -2.18. The summed E-state index contributed by atoms with van der Waals surface area (Å²) in [6, 6.07) is 11.9. The third-order valence-corrected chi connectivity index (χ3v) is 6.26. The highest BCUT2D eigenvalue weighted by atomic mass is 16.5. The molecule has 0 aliphatic heterocycles. The molecule has 33 heavy (non-hydrogen) atoms. The van der Waals surface area contributed by atoms with Gasteiger partial charge in [-0.1, -0.05) is 43.2 Å². The zero-order chi connectivity index (χ0) is 23.4. The Hall–Kier alpha value is -3.61. The van der Waals surface area contributed by atoms with Crippen molar-refractivity contribution in [1.29, 1.82) is 0 Å². The summed E-state index contributed by atoms with van der Waals surface area (Å²) in [6.07, 6.45) is 7.30. The van der Waals surface area contributed by atoms with Crippen LogP contribution < -0.4 is 20.8 Å². The summed E-state index contributed by atoms with van der Waals surface area (Å²) in [5.74, 6) is -0.305. The summed E-state index contributed by atoms with van der Waals surface area (Å²) < 4.78 is 7.38. The fourth-order valence-electron chi connectivity index (χ4n) is 4.54. The van der Waals surface area contributed by atoms with Gasteiger partial charge in [0.25, 0.3) is 11.8 Å².